The number of hydrogen-bond acceptors (Lipinski definition) is 13. The summed E-state index contributed by atoms with van der Waals surface area (Å²) in [6.07, 6.45) is 3.38. The van der Waals surface area contributed by atoms with Gasteiger partial charge in [-0.15, -0.1) is 0 Å². The lowest BCUT2D eigenvalue weighted by atomic mass is 10.0. The van der Waals surface area contributed by atoms with Crippen molar-refractivity contribution in [3.8, 4) is 0 Å². The minimum Gasteiger partial charge on any atom is -0.328 e. The molecule has 0 bridgehead atoms. The van der Waals surface area contributed by atoms with Crippen LogP contribution < -0.4 is 27.0 Å². The molecule has 6 N–H and O–H groups in total. The van der Waals surface area contributed by atoms with E-state index in [4.69, 9.17) is 5.73 Å². The van der Waals surface area contributed by atoms with Crippen LogP contribution in [0.25, 0.3) is 0 Å². The Morgan fingerprint density at radius 1 is 0.371 bits per heavy atom. The molecule has 0 aromatic heterocycles. The number of unbranched alkanes of at least 4 members (excludes halogenated alkanes) is 1. The SMILES string of the molecule is CCN1CCN(CC)CCN(CC(=O)Nc2ccc(NC(=O)CCCCC(N)CCC(=O)Nc3ccc(NC(=O)CN4CCN(CC)CCN(CC)CCN(CC)CC4)cc3)cc2)CCN(CC)CC1. The van der Waals surface area contributed by atoms with Crippen LogP contribution >= 0.6 is 0 Å². The lowest BCUT2D eigenvalue weighted by molar-refractivity contribution is -0.118. The van der Waals surface area contributed by atoms with Crippen LogP contribution in [0.1, 0.15) is 80.1 Å². The van der Waals surface area contributed by atoms with Crippen molar-refractivity contribution in [1.82, 2.24) is 39.2 Å². The van der Waals surface area contributed by atoms with Gasteiger partial charge in [0.15, 0.2) is 0 Å². The Morgan fingerprint density at radius 3 is 0.886 bits per heavy atom. The van der Waals surface area contributed by atoms with Gasteiger partial charge >= 0.3 is 0 Å². The van der Waals surface area contributed by atoms with Gasteiger partial charge in [-0.1, -0.05) is 48.0 Å². The zero-order chi connectivity index (χ0) is 50.5. The summed E-state index contributed by atoms with van der Waals surface area (Å²) >= 11 is 0. The Bertz CT molecular complexity index is 1750. The fraction of sp³-hybridized carbons (Fsp3) is 0.698. The van der Waals surface area contributed by atoms with Gasteiger partial charge in [0, 0.05) is 146 Å². The maximum atomic E-state index is 13.2. The molecule has 17 heteroatoms. The van der Waals surface area contributed by atoms with Gasteiger partial charge in [-0.25, -0.2) is 0 Å². The lowest BCUT2D eigenvalue weighted by Crippen LogP contribution is -2.47. The summed E-state index contributed by atoms with van der Waals surface area (Å²) in [6, 6.07) is 14.4. The highest BCUT2D eigenvalue weighted by Crippen LogP contribution is 2.17. The number of benzene rings is 2. The quantitative estimate of drug-likeness (QED) is 0.106. The molecule has 2 aliphatic rings. The molecule has 0 saturated carbocycles. The summed E-state index contributed by atoms with van der Waals surface area (Å²) in [5.41, 5.74) is 9.11. The number of carbonyl (C=O) groups excluding carboxylic acids is 4. The summed E-state index contributed by atoms with van der Waals surface area (Å²) in [5.74, 6) is -0.273. The number of carbonyl (C=O) groups is 4. The van der Waals surface area contributed by atoms with Crippen LogP contribution in [0.15, 0.2) is 48.5 Å². The molecule has 0 radical (unpaired) electrons. The third-order valence-corrected chi connectivity index (χ3v) is 14.2. The first kappa shape index (κ1) is 58.5. The largest absolute Gasteiger partial charge is 0.328 e. The van der Waals surface area contributed by atoms with Crippen molar-refractivity contribution in [1.29, 1.82) is 0 Å². The molecule has 2 aliphatic heterocycles. The van der Waals surface area contributed by atoms with Crippen LogP contribution in [0.4, 0.5) is 22.7 Å². The molecule has 1 atom stereocenters. The Balaban J connectivity index is 1.10. The van der Waals surface area contributed by atoms with E-state index in [1.165, 1.54) is 0 Å². The van der Waals surface area contributed by atoms with E-state index in [1.807, 2.05) is 36.4 Å². The van der Waals surface area contributed by atoms with Crippen LogP contribution in [-0.2, 0) is 19.2 Å². The summed E-state index contributed by atoms with van der Waals surface area (Å²) in [4.78, 5) is 71.5. The van der Waals surface area contributed by atoms with Gasteiger partial charge in [-0.2, -0.15) is 0 Å². The molecule has 4 rings (SSSR count). The van der Waals surface area contributed by atoms with E-state index >= 15 is 0 Å². The number of hydrogen-bond donors (Lipinski definition) is 5. The van der Waals surface area contributed by atoms with Crippen molar-refractivity contribution in [2.45, 2.75) is 86.1 Å². The number of nitrogens with two attached hydrogens (primary N) is 1. The van der Waals surface area contributed by atoms with E-state index in [2.05, 4.69) is 102 Å². The first-order valence-electron chi connectivity index (χ1n) is 26.9. The monoisotopic (exact) mass is 976 g/mol. The van der Waals surface area contributed by atoms with Crippen molar-refractivity contribution >= 4 is 46.4 Å². The van der Waals surface area contributed by atoms with Gasteiger partial charge < -0.3 is 56.4 Å². The topological polar surface area (TPSA) is 168 Å². The van der Waals surface area contributed by atoms with E-state index < -0.39 is 0 Å². The molecule has 394 valence electrons. The number of likely N-dealkylation sites (N-methyl/N-ethyl adjacent to an activating group) is 6. The number of rotatable bonds is 22. The number of nitrogens with one attached hydrogen (secondary N) is 4. The van der Waals surface area contributed by atoms with Crippen LogP contribution in [0.2, 0.25) is 0 Å². The Morgan fingerprint density at radius 2 is 0.614 bits per heavy atom. The van der Waals surface area contributed by atoms with Crippen molar-refractivity contribution in [2.75, 3.05) is 178 Å². The van der Waals surface area contributed by atoms with Gasteiger partial charge in [0.1, 0.15) is 0 Å². The molecule has 2 aromatic rings. The third-order valence-electron chi connectivity index (χ3n) is 14.2. The number of amides is 4. The maximum Gasteiger partial charge on any atom is 0.238 e. The first-order valence-corrected chi connectivity index (χ1v) is 26.9. The normalized spacial score (nSPS) is 18.7. The Kier molecular flexibility index (Phi) is 28.1. The van der Waals surface area contributed by atoms with Gasteiger partial charge in [0.2, 0.25) is 23.6 Å². The molecule has 2 heterocycles. The second kappa shape index (κ2) is 33.6. The molecule has 2 saturated heterocycles. The molecule has 2 aromatic carbocycles. The summed E-state index contributed by atoms with van der Waals surface area (Å²) in [6.45, 7) is 35.6. The van der Waals surface area contributed by atoms with Crippen LogP contribution in [0.3, 0.4) is 0 Å². The van der Waals surface area contributed by atoms with Gasteiger partial charge in [0.05, 0.1) is 13.1 Å². The molecule has 70 heavy (non-hydrogen) atoms. The van der Waals surface area contributed by atoms with Gasteiger partial charge in [-0.05, 0) is 107 Å². The zero-order valence-corrected chi connectivity index (χ0v) is 44.2. The Labute approximate surface area is 422 Å². The second-order valence-electron chi connectivity index (χ2n) is 19.0. The molecule has 0 spiro atoms. The Hall–Kier alpha value is -4.04. The average molecular weight is 976 g/mol. The summed E-state index contributed by atoms with van der Waals surface area (Å²) < 4.78 is 0. The second-order valence-corrected chi connectivity index (χ2v) is 19.0. The zero-order valence-electron chi connectivity index (χ0n) is 44.2. The highest BCUT2D eigenvalue weighted by atomic mass is 16.2. The highest BCUT2D eigenvalue weighted by molar-refractivity contribution is 5.94. The molecular weight excluding hydrogens is 883 g/mol. The van der Waals surface area contributed by atoms with Crippen LogP contribution in [0.5, 0.6) is 0 Å². The van der Waals surface area contributed by atoms with E-state index in [0.717, 1.165) is 157 Å². The molecule has 17 nitrogen and oxygen atoms in total. The standard InChI is InChI=1S/C53H93N13O4/c1-7-59-27-31-61(9-3)35-39-65(40-36-62(10-4)32-28-59)43-52(69)57-48-22-18-46(19-23-48)55-50(67)16-14-13-15-45(54)17-26-51(68)56-47-20-24-49(25-21-47)58-53(70)44-66-41-37-63(11-5)33-29-60(8-2)30-34-64(12-6)38-42-66/h18-25,45H,7-17,26-44,54H2,1-6H3,(H,55,67)(H,56,68)(H,57,69)(H,58,70). The van der Waals surface area contributed by atoms with Crippen molar-refractivity contribution in [3.63, 3.8) is 0 Å². The minimum atomic E-state index is -0.150. The highest BCUT2D eigenvalue weighted by Gasteiger charge is 2.19. The molecule has 4 amide bonds. The third kappa shape index (κ3) is 23.5. The fourth-order valence-corrected chi connectivity index (χ4v) is 9.05. The maximum absolute atomic E-state index is 13.2. The minimum absolute atomic E-state index is 0.0408. The molecule has 2 fully saturated rings. The predicted molar refractivity (Wildman–Crippen MR) is 289 cm³/mol. The van der Waals surface area contributed by atoms with Gasteiger partial charge in [0.25, 0.3) is 0 Å². The lowest BCUT2D eigenvalue weighted by Gasteiger charge is -2.33. The van der Waals surface area contributed by atoms with E-state index in [0.29, 0.717) is 61.5 Å². The van der Waals surface area contributed by atoms with Crippen molar-refractivity contribution < 1.29 is 19.2 Å². The van der Waals surface area contributed by atoms with Crippen molar-refractivity contribution in [3.05, 3.63) is 48.5 Å². The average Bonchev–Trinajstić information content (AvgIpc) is 3.35. The molecule has 0 aliphatic carbocycles. The number of anilines is 4. The van der Waals surface area contributed by atoms with Gasteiger partial charge in [-0.3, -0.25) is 29.0 Å². The summed E-state index contributed by atoms with van der Waals surface area (Å²) in [5, 5.41) is 12.0. The fourth-order valence-electron chi connectivity index (χ4n) is 9.05. The van der Waals surface area contributed by atoms with E-state index in [-0.39, 0.29) is 29.7 Å². The molecular formula is C53H93N13O4. The van der Waals surface area contributed by atoms with Crippen LogP contribution in [-0.4, -0.2) is 226 Å². The smallest absolute Gasteiger partial charge is 0.238 e. The van der Waals surface area contributed by atoms with E-state index in [9.17, 15) is 19.2 Å². The van der Waals surface area contributed by atoms with Crippen molar-refractivity contribution in [2.24, 2.45) is 5.73 Å². The van der Waals surface area contributed by atoms with E-state index in [1.54, 1.807) is 12.1 Å². The van der Waals surface area contributed by atoms with Crippen LogP contribution in [0, 0.1) is 0 Å². The summed E-state index contributed by atoms with van der Waals surface area (Å²) in [7, 11) is 0. The predicted octanol–water partition coefficient (Wildman–Crippen LogP) is 4.37. The molecule has 1 unspecified atom stereocenters. The first-order chi connectivity index (χ1) is 33.9. The number of nitrogens with zero attached hydrogens (tertiary/aromatic N) is 8.